The predicted molar refractivity (Wildman–Crippen MR) is 121 cm³/mol. The second-order valence-electron chi connectivity index (χ2n) is 7.17. The minimum absolute atomic E-state index is 0.136. The number of rotatable bonds is 4. The van der Waals surface area contributed by atoms with Crippen LogP contribution in [0.5, 0.6) is 0 Å². The maximum Gasteiger partial charge on any atom is 0.261 e. The number of carbonyl (C=O) groups is 1. The van der Waals surface area contributed by atoms with Crippen molar-refractivity contribution in [2.75, 3.05) is 5.32 Å². The van der Waals surface area contributed by atoms with E-state index in [1.807, 2.05) is 55.5 Å². The van der Waals surface area contributed by atoms with Gasteiger partial charge in [-0.1, -0.05) is 48.0 Å². The topological polar surface area (TPSA) is 64.0 Å². The second-order valence-corrected chi connectivity index (χ2v) is 7.61. The summed E-state index contributed by atoms with van der Waals surface area (Å²) in [7, 11) is 0. The fraction of sp³-hybridized carbons (Fsp3) is 0.125. The highest BCUT2D eigenvalue weighted by Crippen LogP contribution is 2.23. The average Bonchev–Trinajstić information content (AvgIpc) is 2.72. The number of amides is 1. The van der Waals surface area contributed by atoms with Gasteiger partial charge < -0.3 is 5.32 Å². The lowest BCUT2D eigenvalue weighted by molar-refractivity contribution is -0.114. The highest BCUT2D eigenvalue weighted by atomic mass is 35.5. The van der Waals surface area contributed by atoms with Crippen LogP contribution < -0.4 is 10.9 Å². The molecule has 1 N–H and O–H groups in total. The Morgan fingerprint density at radius 3 is 2.50 bits per heavy atom. The van der Waals surface area contributed by atoms with Crippen molar-refractivity contribution in [3.05, 3.63) is 93.5 Å². The van der Waals surface area contributed by atoms with Crippen LogP contribution in [0.1, 0.15) is 18.3 Å². The zero-order chi connectivity index (χ0) is 21.3. The number of halogens is 1. The molecule has 1 amide bonds. The molecule has 0 saturated carbocycles. The molecule has 1 aromatic heterocycles. The van der Waals surface area contributed by atoms with Crippen LogP contribution in [-0.2, 0) is 11.3 Å². The van der Waals surface area contributed by atoms with Crippen molar-refractivity contribution >= 4 is 34.1 Å². The Hall–Kier alpha value is -3.44. The van der Waals surface area contributed by atoms with Gasteiger partial charge in [0, 0.05) is 17.6 Å². The zero-order valence-corrected chi connectivity index (χ0v) is 17.4. The molecule has 0 atom stereocenters. The van der Waals surface area contributed by atoms with Gasteiger partial charge in [-0.2, -0.15) is 0 Å². The Kier molecular flexibility index (Phi) is 5.38. The number of benzene rings is 3. The Morgan fingerprint density at radius 1 is 1.03 bits per heavy atom. The highest BCUT2D eigenvalue weighted by molar-refractivity contribution is 6.30. The van der Waals surface area contributed by atoms with Gasteiger partial charge in [-0.3, -0.25) is 14.2 Å². The van der Waals surface area contributed by atoms with E-state index in [9.17, 15) is 9.59 Å². The molecule has 4 rings (SSSR count). The lowest BCUT2D eigenvalue weighted by Gasteiger charge is -2.12. The smallest absolute Gasteiger partial charge is 0.261 e. The molecule has 150 valence electrons. The summed E-state index contributed by atoms with van der Waals surface area (Å²) in [6.07, 6.45) is 0. The van der Waals surface area contributed by atoms with Gasteiger partial charge in [-0.05, 0) is 53.9 Å². The van der Waals surface area contributed by atoms with Gasteiger partial charge in [0.2, 0.25) is 5.91 Å². The quantitative estimate of drug-likeness (QED) is 0.506. The van der Waals surface area contributed by atoms with E-state index in [1.54, 1.807) is 22.8 Å². The number of carbonyl (C=O) groups excluding carboxylic acids is 1. The molecule has 0 unspecified atom stereocenters. The van der Waals surface area contributed by atoms with Crippen molar-refractivity contribution in [2.45, 2.75) is 20.4 Å². The van der Waals surface area contributed by atoms with Crippen LogP contribution in [0.2, 0.25) is 5.02 Å². The largest absolute Gasteiger partial charge is 0.326 e. The summed E-state index contributed by atoms with van der Waals surface area (Å²) < 4.78 is 1.65. The Labute approximate surface area is 179 Å². The molecule has 4 aromatic rings. The third-order valence-corrected chi connectivity index (χ3v) is 5.15. The van der Waals surface area contributed by atoms with Crippen LogP contribution in [0.15, 0.2) is 71.5 Å². The fourth-order valence-electron chi connectivity index (χ4n) is 3.45. The lowest BCUT2D eigenvalue weighted by atomic mass is 10.0. The standard InChI is InChI=1S/C24H20ClN3O2/c1-15-26-23-11-10-21(27-16(2)29)13-22(23)24(30)28(15)14-17-6-8-18(9-7-17)19-4-3-5-20(25)12-19/h3-13H,14H2,1-2H3,(H,27,29). The molecule has 0 aliphatic heterocycles. The zero-order valence-electron chi connectivity index (χ0n) is 16.6. The first kappa shape index (κ1) is 19.9. The van der Waals surface area contributed by atoms with Crippen LogP contribution >= 0.6 is 11.6 Å². The van der Waals surface area contributed by atoms with Crippen LogP contribution in [0, 0.1) is 6.92 Å². The van der Waals surface area contributed by atoms with Crippen molar-refractivity contribution in [3.8, 4) is 11.1 Å². The van der Waals surface area contributed by atoms with Gasteiger partial charge in [0.15, 0.2) is 0 Å². The molecule has 0 aliphatic rings. The van der Waals surface area contributed by atoms with E-state index < -0.39 is 0 Å². The van der Waals surface area contributed by atoms with Gasteiger partial charge >= 0.3 is 0 Å². The van der Waals surface area contributed by atoms with Crippen LogP contribution in [-0.4, -0.2) is 15.5 Å². The minimum atomic E-state index is -0.186. The molecule has 6 heteroatoms. The summed E-state index contributed by atoms with van der Waals surface area (Å²) in [5.74, 6) is 0.452. The molecule has 0 radical (unpaired) electrons. The second kappa shape index (κ2) is 8.13. The Morgan fingerprint density at radius 2 is 1.80 bits per heavy atom. The monoisotopic (exact) mass is 417 g/mol. The fourth-order valence-corrected chi connectivity index (χ4v) is 3.64. The van der Waals surface area contributed by atoms with E-state index in [-0.39, 0.29) is 11.5 Å². The molecule has 0 saturated heterocycles. The number of nitrogens with one attached hydrogen (secondary N) is 1. The summed E-state index contributed by atoms with van der Waals surface area (Å²) in [6, 6.07) is 20.9. The Bertz CT molecular complexity index is 1310. The van der Waals surface area contributed by atoms with Gasteiger partial charge in [0.1, 0.15) is 5.82 Å². The molecule has 5 nitrogen and oxygen atoms in total. The average molecular weight is 418 g/mol. The number of hydrogen-bond donors (Lipinski definition) is 1. The van der Waals surface area contributed by atoms with Gasteiger partial charge in [0.25, 0.3) is 5.56 Å². The van der Waals surface area contributed by atoms with Gasteiger partial charge in [-0.25, -0.2) is 4.98 Å². The number of anilines is 1. The normalized spacial score (nSPS) is 10.9. The summed E-state index contributed by atoms with van der Waals surface area (Å²) in [4.78, 5) is 29.0. The number of nitrogens with zero attached hydrogens (tertiary/aromatic N) is 2. The third-order valence-electron chi connectivity index (χ3n) is 4.92. The van der Waals surface area contributed by atoms with Gasteiger partial charge in [0.05, 0.1) is 17.4 Å². The first-order valence-electron chi connectivity index (χ1n) is 9.54. The molecule has 0 fully saturated rings. The molecule has 1 heterocycles. The first-order valence-corrected chi connectivity index (χ1v) is 9.92. The summed E-state index contributed by atoms with van der Waals surface area (Å²) in [5.41, 5.74) is 4.14. The number of fused-ring (bicyclic) bond motifs is 1. The minimum Gasteiger partial charge on any atom is -0.326 e. The van der Waals surface area contributed by atoms with Crippen molar-refractivity contribution in [1.82, 2.24) is 9.55 Å². The molecular formula is C24H20ClN3O2. The molecule has 3 aromatic carbocycles. The molecule has 30 heavy (non-hydrogen) atoms. The van der Waals surface area contributed by atoms with E-state index in [4.69, 9.17) is 11.6 Å². The number of hydrogen-bond acceptors (Lipinski definition) is 3. The summed E-state index contributed by atoms with van der Waals surface area (Å²) in [6.45, 7) is 3.67. The van der Waals surface area contributed by atoms with E-state index >= 15 is 0 Å². The highest BCUT2D eigenvalue weighted by Gasteiger charge is 2.10. The number of aryl methyl sites for hydroxylation is 1. The van der Waals surface area contributed by atoms with Crippen LogP contribution in [0.4, 0.5) is 5.69 Å². The Balaban J connectivity index is 1.67. The van der Waals surface area contributed by atoms with E-state index in [0.717, 1.165) is 16.7 Å². The van der Waals surface area contributed by atoms with Crippen LogP contribution in [0.3, 0.4) is 0 Å². The van der Waals surface area contributed by atoms with Crippen molar-refractivity contribution in [2.24, 2.45) is 0 Å². The van der Waals surface area contributed by atoms with Crippen molar-refractivity contribution < 1.29 is 4.79 Å². The lowest BCUT2D eigenvalue weighted by Crippen LogP contribution is -2.24. The van der Waals surface area contributed by atoms with Crippen molar-refractivity contribution in [1.29, 1.82) is 0 Å². The maximum atomic E-state index is 13.1. The predicted octanol–water partition coefficient (Wildman–Crippen LogP) is 5.03. The van der Waals surface area contributed by atoms with Crippen molar-refractivity contribution in [3.63, 3.8) is 0 Å². The molecular weight excluding hydrogens is 398 g/mol. The number of aromatic nitrogens is 2. The summed E-state index contributed by atoms with van der Waals surface area (Å²) >= 11 is 6.09. The molecule has 0 aliphatic carbocycles. The SMILES string of the molecule is CC(=O)Nc1ccc2nc(C)n(Cc3ccc(-c4cccc(Cl)c4)cc3)c(=O)c2c1. The maximum absolute atomic E-state index is 13.1. The summed E-state index contributed by atoms with van der Waals surface area (Å²) in [5, 5.41) is 3.88. The van der Waals surface area contributed by atoms with E-state index in [1.165, 1.54) is 6.92 Å². The molecule has 0 bridgehead atoms. The van der Waals surface area contributed by atoms with Crippen LogP contribution in [0.25, 0.3) is 22.0 Å². The van der Waals surface area contributed by atoms with E-state index in [2.05, 4.69) is 10.3 Å². The van der Waals surface area contributed by atoms with Gasteiger partial charge in [-0.15, -0.1) is 0 Å². The molecule has 0 spiro atoms. The third kappa shape index (κ3) is 4.11. The van der Waals surface area contributed by atoms with E-state index in [0.29, 0.717) is 34.0 Å². The first-order chi connectivity index (χ1) is 14.4.